The lowest BCUT2D eigenvalue weighted by Crippen LogP contribution is -2.13. The molecule has 1 fully saturated rings. The van der Waals surface area contributed by atoms with E-state index in [0.717, 1.165) is 27.8 Å². The van der Waals surface area contributed by atoms with E-state index in [1.165, 1.54) is 0 Å². The molecule has 2 rings (SSSR count). The van der Waals surface area contributed by atoms with E-state index >= 15 is 0 Å². The van der Waals surface area contributed by atoms with Gasteiger partial charge in [-0.25, -0.2) is 0 Å². The number of ketones is 1. The van der Waals surface area contributed by atoms with Crippen LogP contribution in [0.5, 0.6) is 5.75 Å². The van der Waals surface area contributed by atoms with E-state index in [4.69, 9.17) is 4.74 Å². The standard InChI is InChI=1S/C12H11BrO2/c1-15-12-5-2-8(7-10(12)13)6-9-3-4-11(9)14/h2,5-7H,3-4H2,1H3. The number of halogens is 1. The second-order valence-corrected chi connectivity index (χ2v) is 4.34. The number of Topliss-reactive ketones (excluding diaryl/α,β-unsaturated/α-hetero) is 1. The second-order valence-electron chi connectivity index (χ2n) is 3.49. The molecule has 15 heavy (non-hydrogen) atoms. The third kappa shape index (κ3) is 2.12. The second kappa shape index (κ2) is 4.19. The number of benzene rings is 1. The molecule has 1 aromatic rings. The van der Waals surface area contributed by atoms with E-state index < -0.39 is 0 Å². The Morgan fingerprint density at radius 2 is 2.20 bits per heavy atom. The highest BCUT2D eigenvalue weighted by atomic mass is 79.9. The lowest BCUT2D eigenvalue weighted by Gasteiger charge is -2.14. The smallest absolute Gasteiger partial charge is 0.159 e. The Labute approximate surface area is 97.1 Å². The Morgan fingerprint density at radius 1 is 1.40 bits per heavy atom. The molecule has 1 aromatic carbocycles. The number of allylic oxidation sites excluding steroid dienone is 1. The first-order chi connectivity index (χ1) is 7.20. The van der Waals surface area contributed by atoms with Crippen LogP contribution in [-0.4, -0.2) is 12.9 Å². The summed E-state index contributed by atoms with van der Waals surface area (Å²) in [5.41, 5.74) is 1.96. The summed E-state index contributed by atoms with van der Waals surface area (Å²) in [6, 6.07) is 5.79. The van der Waals surface area contributed by atoms with Crippen molar-refractivity contribution in [3.05, 3.63) is 33.8 Å². The summed E-state index contributed by atoms with van der Waals surface area (Å²) >= 11 is 3.41. The van der Waals surface area contributed by atoms with Crippen LogP contribution in [0, 0.1) is 0 Å². The Balaban J connectivity index is 2.27. The van der Waals surface area contributed by atoms with Crippen LogP contribution in [0.25, 0.3) is 6.08 Å². The van der Waals surface area contributed by atoms with Crippen molar-refractivity contribution >= 4 is 27.8 Å². The van der Waals surface area contributed by atoms with Gasteiger partial charge in [-0.15, -0.1) is 0 Å². The molecule has 0 amide bonds. The van der Waals surface area contributed by atoms with Crippen molar-refractivity contribution in [1.82, 2.24) is 0 Å². The molecule has 0 radical (unpaired) electrons. The van der Waals surface area contributed by atoms with E-state index in [0.29, 0.717) is 6.42 Å². The first-order valence-corrected chi connectivity index (χ1v) is 5.57. The molecule has 0 atom stereocenters. The minimum Gasteiger partial charge on any atom is -0.496 e. The van der Waals surface area contributed by atoms with Crippen LogP contribution in [0.1, 0.15) is 18.4 Å². The van der Waals surface area contributed by atoms with Gasteiger partial charge in [-0.3, -0.25) is 4.79 Å². The topological polar surface area (TPSA) is 26.3 Å². The highest BCUT2D eigenvalue weighted by Gasteiger charge is 2.19. The summed E-state index contributed by atoms with van der Waals surface area (Å²) in [6.45, 7) is 0. The number of hydrogen-bond donors (Lipinski definition) is 0. The molecule has 0 aliphatic heterocycles. The maximum atomic E-state index is 11.1. The summed E-state index contributed by atoms with van der Waals surface area (Å²) < 4.78 is 6.04. The van der Waals surface area contributed by atoms with Gasteiger partial charge in [-0.05, 0) is 51.7 Å². The van der Waals surface area contributed by atoms with Crippen molar-refractivity contribution < 1.29 is 9.53 Å². The van der Waals surface area contributed by atoms with Crippen molar-refractivity contribution in [3.63, 3.8) is 0 Å². The van der Waals surface area contributed by atoms with Gasteiger partial charge in [-0.1, -0.05) is 6.07 Å². The van der Waals surface area contributed by atoms with Gasteiger partial charge >= 0.3 is 0 Å². The van der Waals surface area contributed by atoms with E-state index in [9.17, 15) is 4.79 Å². The summed E-state index contributed by atoms with van der Waals surface area (Å²) in [4.78, 5) is 11.1. The summed E-state index contributed by atoms with van der Waals surface area (Å²) in [5.74, 6) is 1.07. The number of methoxy groups -OCH3 is 1. The third-order valence-corrected chi connectivity index (χ3v) is 3.12. The molecular weight excluding hydrogens is 256 g/mol. The van der Waals surface area contributed by atoms with Crippen LogP contribution in [0.15, 0.2) is 28.2 Å². The van der Waals surface area contributed by atoms with Crippen LogP contribution in [0.4, 0.5) is 0 Å². The van der Waals surface area contributed by atoms with Gasteiger partial charge < -0.3 is 4.74 Å². The van der Waals surface area contributed by atoms with Crippen molar-refractivity contribution in [2.45, 2.75) is 12.8 Å². The number of ether oxygens (including phenoxy) is 1. The first-order valence-electron chi connectivity index (χ1n) is 4.78. The van der Waals surface area contributed by atoms with Gasteiger partial charge in [0, 0.05) is 6.42 Å². The minimum atomic E-state index is 0.266. The van der Waals surface area contributed by atoms with Crippen molar-refractivity contribution in [2.75, 3.05) is 7.11 Å². The quantitative estimate of drug-likeness (QED) is 0.769. The fraction of sp³-hybridized carbons (Fsp3) is 0.250. The average molecular weight is 267 g/mol. The monoisotopic (exact) mass is 266 g/mol. The number of hydrogen-bond acceptors (Lipinski definition) is 2. The molecular formula is C12H11BrO2. The van der Waals surface area contributed by atoms with Gasteiger partial charge in [0.1, 0.15) is 5.75 Å². The van der Waals surface area contributed by atoms with Crippen molar-refractivity contribution in [1.29, 1.82) is 0 Å². The molecule has 0 saturated heterocycles. The van der Waals surface area contributed by atoms with Gasteiger partial charge in [-0.2, -0.15) is 0 Å². The number of rotatable bonds is 2. The van der Waals surface area contributed by atoms with Crippen LogP contribution >= 0.6 is 15.9 Å². The first kappa shape index (κ1) is 10.4. The maximum Gasteiger partial charge on any atom is 0.159 e. The van der Waals surface area contributed by atoms with Gasteiger partial charge in [0.05, 0.1) is 11.6 Å². The third-order valence-electron chi connectivity index (χ3n) is 2.50. The predicted molar refractivity (Wildman–Crippen MR) is 62.9 cm³/mol. The molecule has 1 aliphatic rings. The van der Waals surface area contributed by atoms with Gasteiger partial charge in [0.15, 0.2) is 5.78 Å². The zero-order valence-corrected chi connectivity index (χ0v) is 10.0. The minimum absolute atomic E-state index is 0.266. The normalized spacial score (nSPS) is 17.7. The SMILES string of the molecule is COc1ccc(C=C2CCC2=O)cc1Br. The van der Waals surface area contributed by atoms with Gasteiger partial charge in [0.2, 0.25) is 0 Å². The van der Waals surface area contributed by atoms with E-state index in [2.05, 4.69) is 15.9 Å². The Bertz CT molecular complexity index is 435. The fourth-order valence-corrected chi connectivity index (χ4v) is 2.06. The summed E-state index contributed by atoms with van der Waals surface area (Å²) in [6.07, 6.45) is 3.54. The molecule has 0 N–H and O–H groups in total. The van der Waals surface area contributed by atoms with E-state index in [-0.39, 0.29) is 5.78 Å². The predicted octanol–water partition coefficient (Wildman–Crippen LogP) is 3.20. The van der Waals surface area contributed by atoms with Crippen molar-refractivity contribution in [2.24, 2.45) is 0 Å². The fourth-order valence-electron chi connectivity index (χ4n) is 1.50. The van der Waals surface area contributed by atoms with Crippen LogP contribution in [0.3, 0.4) is 0 Å². The summed E-state index contributed by atoms with van der Waals surface area (Å²) in [7, 11) is 1.63. The Morgan fingerprint density at radius 3 is 2.67 bits per heavy atom. The molecule has 3 heteroatoms. The molecule has 0 bridgehead atoms. The molecule has 78 valence electrons. The molecule has 1 aliphatic carbocycles. The molecule has 2 nitrogen and oxygen atoms in total. The Hall–Kier alpha value is -1.09. The average Bonchev–Trinajstić information content (AvgIpc) is 2.24. The van der Waals surface area contributed by atoms with E-state index in [1.807, 2.05) is 24.3 Å². The largest absolute Gasteiger partial charge is 0.496 e. The lowest BCUT2D eigenvalue weighted by atomic mass is 9.89. The van der Waals surface area contributed by atoms with Crippen molar-refractivity contribution in [3.8, 4) is 5.75 Å². The lowest BCUT2D eigenvalue weighted by molar-refractivity contribution is -0.118. The number of carbonyl (C=O) groups excluding carboxylic acids is 1. The molecule has 0 aromatic heterocycles. The zero-order chi connectivity index (χ0) is 10.8. The van der Waals surface area contributed by atoms with Gasteiger partial charge in [0.25, 0.3) is 0 Å². The Kier molecular flexibility index (Phi) is 2.91. The molecule has 1 saturated carbocycles. The molecule has 0 heterocycles. The zero-order valence-electron chi connectivity index (χ0n) is 8.42. The molecule has 0 spiro atoms. The maximum absolute atomic E-state index is 11.1. The number of carbonyl (C=O) groups is 1. The molecule has 0 unspecified atom stereocenters. The summed E-state index contributed by atoms with van der Waals surface area (Å²) in [5, 5.41) is 0. The van der Waals surface area contributed by atoms with Crippen LogP contribution in [-0.2, 0) is 4.79 Å². The van der Waals surface area contributed by atoms with E-state index in [1.54, 1.807) is 7.11 Å². The van der Waals surface area contributed by atoms with Crippen LogP contribution < -0.4 is 4.74 Å². The highest BCUT2D eigenvalue weighted by Crippen LogP contribution is 2.29. The highest BCUT2D eigenvalue weighted by molar-refractivity contribution is 9.10. The van der Waals surface area contributed by atoms with Crippen LogP contribution in [0.2, 0.25) is 0 Å².